The van der Waals surface area contributed by atoms with Gasteiger partial charge in [-0.2, -0.15) is 0 Å². The smallest absolute Gasteiger partial charge is 0.108 e. The van der Waals surface area contributed by atoms with Crippen LogP contribution in [0.2, 0.25) is 0 Å². The Morgan fingerprint density at radius 1 is 1.50 bits per heavy atom. The molecule has 0 radical (unpaired) electrons. The molecule has 0 aliphatic heterocycles. The van der Waals surface area contributed by atoms with Crippen molar-refractivity contribution in [3.8, 4) is 0 Å². The predicted octanol–water partition coefficient (Wildman–Crippen LogP) is -3.88. The van der Waals surface area contributed by atoms with Crippen LogP contribution in [0.5, 0.6) is 0 Å². The molecule has 2 atom stereocenters. The highest BCUT2D eigenvalue weighted by Gasteiger charge is 2.13. The summed E-state index contributed by atoms with van der Waals surface area (Å²) in [5.41, 5.74) is 0. The average Bonchev–Trinajstić information content (AvgIpc) is 1.63. The second kappa shape index (κ2) is 6.23. The molecule has 4 heteroatoms. The van der Waals surface area contributed by atoms with Crippen LogP contribution in [0.3, 0.4) is 0 Å². The molecule has 0 aliphatic carbocycles. The normalized spacial score (nSPS) is 16.2. The van der Waals surface area contributed by atoms with Crippen LogP contribution in [-0.2, 0) is 0 Å². The first kappa shape index (κ1) is 13.1. The van der Waals surface area contributed by atoms with Gasteiger partial charge in [-0.1, -0.05) is 0 Å². The van der Waals surface area contributed by atoms with E-state index in [4.69, 9.17) is 16.7 Å². The van der Waals surface area contributed by atoms with Gasteiger partial charge in [0.1, 0.15) is 5.38 Å². The van der Waals surface area contributed by atoms with E-state index in [-0.39, 0.29) is 17.8 Å². The molecule has 0 aromatic rings. The van der Waals surface area contributed by atoms with E-state index in [9.17, 15) is 0 Å². The average molecular weight is 188 g/mol. The zero-order valence-corrected chi connectivity index (χ0v) is 8.08. The van der Waals surface area contributed by atoms with Crippen molar-refractivity contribution in [3.63, 3.8) is 0 Å². The molecule has 2 N–H and O–H groups in total. The Balaban J connectivity index is 0. The molecule has 10 heavy (non-hydrogen) atoms. The van der Waals surface area contributed by atoms with Gasteiger partial charge in [0, 0.05) is 0 Å². The van der Waals surface area contributed by atoms with Crippen molar-refractivity contribution >= 4 is 11.6 Å². The first-order valence-electron chi connectivity index (χ1n) is 3.15. The second-order valence-electron chi connectivity index (χ2n) is 2.67. The second-order valence-corrected chi connectivity index (χ2v) is 3.23. The number of hydrogen-bond donors (Lipinski definition) is 2. The van der Waals surface area contributed by atoms with Gasteiger partial charge in [0.25, 0.3) is 0 Å². The van der Waals surface area contributed by atoms with Crippen molar-refractivity contribution in [1.29, 1.82) is 0 Å². The molecule has 2 unspecified atom stereocenters. The summed E-state index contributed by atoms with van der Waals surface area (Å²) >= 11 is 5.74. The minimum Gasteiger partial charge on any atom is -1.00 e. The lowest BCUT2D eigenvalue weighted by atomic mass is 10.3. The maximum atomic E-state index is 8.92. The molecule has 0 aromatic carbocycles. The summed E-state index contributed by atoms with van der Waals surface area (Å²) in [6.45, 7) is 2.51. The van der Waals surface area contributed by atoms with E-state index in [0.29, 0.717) is 0 Å². The SMILES string of the molecule is CC(O)C(Cl)C[NH+](C)C.[Cl-]. The minimum atomic E-state index is -0.401. The fourth-order valence-electron chi connectivity index (χ4n) is 0.561. The number of nitrogens with one attached hydrogen (secondary N) is 1. The van der Waals surface area contributed by atoms with Crippen molar-refractivity contribution in [1.82, 2.24) is 0 Å². The van der Waals surface area contributed by atoms with Gasteiger partial charge in [-0.3, -0.25) is 0 Å². The summed E-state index contributed by atoms with van der Waals surface area (Å²) in [4.78, 5) is 1.26. The molecule has 0 bridgehead atoms. The van der Waals surface area contributed by atoms with E-state index in [2.05, 4.69) is 0 Å². The fourth-order valence-corrected chi connectivity index (χ4v) is 0.869. The van der Waals surface area contributed by atoms with Crippen molar-refractivity contribution in [2.75, 3.05) is 20.6 Å². The van der Waals surface area contributed by atoms with Crippen molar-refractivity contribution in [2.45, 2.75) is 18.4 Å². The van der Waals surface area contributed by atoms with Gasteiger partial charge in [-0.05, 0) is 6.92 Å². The molecule has 0 aromatic heterocycles. The third-order valence-electron chi connectivity index (χ3n) is 1.13. The highest BCUT2D eigenvalue weighted by atomic mass is 35.5. The van der Waals surface area contributed by atoms with Gasteiger partial charge in [0.05, 0.1) is 26.7 Å². The van der Waals surface area contributed by atoms with Crippen molar-refractivity contribution in [2.24, 2.45) is 0 Å². The van der Waals surface area contributed by atoms with Crippen molar-refractivity contribution in [3.05, 3.63) is 0 Å². The summed E-state index contributed by atoms with van der Waals surface area (Å²) in [6.07, 6.45) is -0.401. The van der Waals surface area contributed by atoms with E-state index in [1.807, 2.05) is 14.1 Å². The van der Waals surface area contributed by atoms with E-state index < -0.39 is 6.10 Å². The van der Waals surface area contributed by atoms with Gasteiger partial charge in [0.2, 0.25) is 0 Å². The quantitative estimate of drug-likeness (QED) is 0.435. The van der Waals surface area contributed by atoms with Crippen LogP contribution < -0.4 is 17.3 Å². The van der Waals surface area contributed by atoms with E-state index in [0.717, 1.165) is 6.54 Å². The molecule has 0 heterocycles. The monoisotopic (exact) mass is 187 g/mol. The number of aliphatic hydroxyl groups is 1. The Bertz CT molecular complexity index is 78.1. The van der Waals surface area contributed by atoms with Crippen LogP contribution in [0.25, 0.3) is 0 Å². The lowest BCUT2D eigenvalue weighted by molar-refractivity contribution is -0.858. The fraction of sp³-hybridized carbons (Fsp3) is 1.00. The number of halogens is 2. The summed E-state index contributed by atoms with van der Waals surface area (Å²) in [7, 11) is 4.02. The zero-order chi connectivity index (χ0) is 7.44. The minimum absolute atomic E-state index is 0. The Labute approximate surface area is 73.6 Å². The van der Waals surface area contributed by atoms with Crippen LogP contribution in [0.15, 0.2) is 0 Å². The molecule has 0 spiro atoms. The predicted molar refractivity (Wildman–Crippen MR) is 39.0 cm³/mol. The molecule has 0 fully saturated rings. The highest BCUT2D eigenvalue weighted by molar-refractivity contribution is 6.21. The van der Waals surface area contributed by atoms with Crippen molar-refractivity contribution < 1.29 is 22.4 Å². The van der Waals surface area contributed by atoms with E-state index in [1.165, 1.54) is 4.90 Å². The third kappa shape index (κ3) is 6.62. The first-order valence-corrected chi connectivity index (χ1v) is 3.59. The summed E-state index contributed by atoms with van der Waals surface area (Å²) in [5, 5.41) is 8.81. The lowest BCUT2D eigenvalue weighted by Gasteiger charge is -2.14. The molecule has 64 valence electrons. The number of alkyl halides is 1. The summed E-state index contributed by atoms with van der Waals surface area (Å²) in [6, 6.07) is 0. The van der Waals surface area contributed by atoms with Gasteiger partial charge in [0.15, 0.2) is 0 Å². The maximum Gasteiger partial charge on any atom is 0.108 e. The molecule has 0 saturated heterocycles. The zero-order valence-electron chi connectivity index (χ0n) is 6.56. The molecule has 0 rings (SSSR count). The number of rotatable bonds is 3. The molecule has 0 saturated carbocycles. The van der Waals surface area contributed by atoms with E-state index >= 15 is 0 Å². The largest absolute Gasteiger partial charge is 1.00 e. The van der Waals surface area contributed by atoms with Crippen LogP contribution in [0.1, 0.15) is 6.92 Å². The van der Waals surface area contributed by atoms with Crippen LogP contribution in [-0.4, -0.2) is 37.2 Å². The summed E-state index contributed by atoms with van der Waals surface area (Å²) < 4.78 is 0. The highest BCUT2D eigenvalue weighted by Crippen LogP contribution is 1.97. The number of hydrogen-bond acceptors (Lipinski definition) is 1. The standard InChI is InChI=1S/C6H14ClNO.ClH/c1-5(9)6(7)4-8(2)3;/h5-6,9H,4H2,1-3H3;1H. The van der Waals surface area contributed by atoms with E-state index in [1.54, 1.807) is 6.92 Å². The molecule has 0 amide bonds. The lowest BCUT2D eigenvalue weighted by Crippen LogP contribution is -3.07. The Kier molecular flexibility index (Phi) is 8.17. The molecular formula is C6H15Cl2NO. The van der Waals surface area contributed by atoms with Crippen LogP contribution in [0.4, 0.5) is 0 Å². The van der Waals surface area contributed by atoms with Crippen LogP contribution >= 0.6 is 11.6 Å². The third-order valence-corrected chi connectivity index (χ3v) is 1.65. The molecule has 2 nitrogen and oxygen atoms in total. The first-order chi connectivity index (χ1) is 4.04. The van der Waals surface area contributed by atoms with Crippen LogP contribution in [0, 0.1) is 0 Å². The number of aliphatic hydroxyl groups excluding tert-OH is 1. The summed E-state index contributed by atoms with van der Waals surface area (Å²) in [5.74, 6) is 0. The molecule has 0 aliphatic rings. The van der Waals surface area contributed by atoms with Gasteiger partial charge < -0.3 is 22.4 Å². The van der Waals surface area contributed by atoms with Gasteiger partial charge in [-0.25, -0.2) is 0 Å². The maximum absolute atomic E-state index is 8.92. The number of quaternary nitrogens is 1. The Morgan fingerprint density at radius 2 is 1.90 bits per heavy atom. The van der Waals surface area contributed by atoms with Gasteiger partial charge in [-0.15, -0.1) is 11.6 Å². The topological polar surface area (TPSA) is 24.7 Å². The van der Waals surface area contributed by atoms with Gasteiger partial charge >= 0.3 is 0 Å². The Morgan fingerprint density at radius 3 is 2.00 bits per heavy atom. The Hall–Kier alpha value is 0.500. The molecular weight excluding hydrogens is 173 g/mol.